The highest BCUT2D eigenvalue weighted by atomic mass is 32.2. The topological polar surface area (TPSA) is 76.1 Å². The molecule has 1 amide bonds. The summed E-state index contributed by atoms with van der Waals surface area (Å²) in [6.07, 6.45) is -2.47. The Bertz CT molecular complexity index is 941. The summed E-state index contributed by atoms with van der Waals surface area (Å²) in [4.78, 5) is 17.0. The number of hydrogen-bond acceptors (Lipinski definition) is 5. The normalized spacial score (nSPS) is 12.7. The third-order valence-electron chi connectivity index (χ3n) is 3.50. The van der Waals surface area contributed by atoms with Crippen molar-refractivity contribution >= 4 is 33.3 Å². The van der Waals surface area contributed by atoms with Gasteiger partial charge in [0.05, 0.1) is 15.2 Å². The number of nitrogens with one attached hydrogen (secondary N) is 1. The molecule has 1 N–H and O–H groups in total. The van der Waals surface area contributed by atoms with E-state index in [1.165, 1.54) is 12.1 Å². The van der Waals surface area contributed by atoms with Crippen molar-refractivity contribution in [1.29, 1.82) is 0 Å². The number of alkyl halides is 3. The Morgan fingerprint density at radius 1 is 1.11 bits per heavy atom. The molecule has 0 aliphatic heterocycles. The SMILES string of the molecule is CC(C)(Sc1ccc(S(C)(=O)=O)cc1)C(=O)Nc1cc(C(F)(F)F)ccn1. The van der Waals surface area contributed by atoms with Gasteiger partial charge in [-0.2, -0.15) is 13.2 Å². The zero-order valence-electron chi connectivity index (χ0n) is 14.7. The number of carbonyl (C=O) groups is 1. The van der Waals surface area contributed by atoms with E-state index in [-0.39, 0.29) is 10.7 Å². The smallest absolute Gasteiger partial charge is 0.309 e. The van der Waals surface area contributed by atoms with Crippen LogP contribution >= 0.6 is 11.8 Å². The number of anilines is 1. The predicted molar refractivity (Wildman–Crippen MR) is 97.4 cm³/mol. The summed E-state index contributed by atoms with van der Waals surface area (Å²) in [6, 6.07) is 7.58. The molecule has 0 atom stereocenters. The van der Waals surface area contributed by atoms with E-state index >= 15 is 0 Å². The van der Waals surface area contributed by atoms with E-state index in [1.807, 2.05) is 0 Å². The highest BCUT2D eigenvalue weighted by Crippen LogP contribution is 2.34. The lowest BCUT2D eigenvalue weighted by molar-refractivity contribution is -0.137. The van der Waals surface area contributed by atoms with Gasteiger partial charge < -0.3 is 5.32 Å². The fourth-order valence-electron chi connectivity index (χ4n) is 2.04. The molecule has 146 valence electrons. The minimum absolute atomic E-state index is 0.155. The molecule has 1 heterocycles. The van der Waals surface area contributed by atoms with E-state index < -0.39 is 32.2 Å². The first-order valence-electron chi connectivity index (χ1n) is 7.63. The van der Waals surface area contributed by atoms with Crippen LogP contribution in [0.25, 0.3) is 0 Å². The first kappa shape index (κ1) is 21.2. The van der Waals surface area contributed by atoms with E-state index in [9.17, 15) is 26.4 Å². The van der Waals surface area contributed by atoms with Gasteiger partial charge in [-0.15, -0.1) is 11.8 Å². The minimum Gasteiger partial charge on any atom is -0.309 e. The van der Waals surface area contributed by atoms with Gasteiger partial charge >= 0.3 is 6.18 Å². The summed E-state index contributed by atoms with van der Waals surface area (Å²) in [5.74, 6) is -0.734. The summed E-state index contributed by atoms with van der Waals surface area (Å²) in [7, 11) is -3.33. The van der Waals surface area contributed by atoms with Gasteiger partial charge in [-0.05, 0) is 50.2 Å². The highest BCUT2D eigenvalue weighted by molar-refractivity contribution is 8.01. The monoisotopic (exact) mass is 418 g/mol. The van der Waals surface area contributed by atoms with E-state index in [4.69, 9.17) is 0 Å². The van der Waals surface area contributed by atoms with E-state index in [1.54, 1.807) is 26.0 Å². The van der Waals surface area contributed by atoms with Crippen molar-refractivity contribution in [2.45, 2.75) is 34.6 Å². The van der Waals surface area contributed by atoms with Gasteiger partial charge in [-0.3, -0.25) is 4.79 Å². The molecular weight excluding hydrogens is 401 g/mol. The molecule has 0 unspecified atom stereocenters. The van der Waals surface area contributed by atoms with Crippen LogP contribution in [0.15, 0.2) is 52.4 Å². The molecule has 0 saturated carbocycles. The summed E-state index contributed by atoms with van der Waals surface area (Å²) < 4.78 is 60.2. The second-order valence-electron chi connectivity index (χ2n) is 6.24. The quantitative estimate of drug-likeness (QED) is 0.743. The van der Waals surface area contributed by atoms with Gasteiger partial charge in [-0.25, -0.2) is 13.4 Å². The van der Waals surface area contributed by atoms with Crippen molar-refractivity contribution in [2.75, 3.05) is 11.6 Å². The number of halogens is 3. The van der Waals surface area contributed by atoms with Gasteiger partial charge in [0.2, 0.25) is 5.91 Å². The zero-order valence-corrected chi connectivity index (χ0v) is 16.3. The van der Waals surface area contributed by atoms with Crippen LogP contribution in [0.1, 0.15) is 19.4 Å². The number of nitrogens with zero attached hydrogens (tertiary/aromatic N) is 1. The van der Waals surface area contributed by atoms with Crippen LogP contribution in [0.3, 0.4) is 0 Å². The molecular formula is C17H17F3N2O3S2. The molecule has 0 spiro atoms. The Morgan fingerprint density at radius 3 is 2.22 bits per heavy atom. The molecule has 2 aromatic rings. The second kappa shape index (κ2) is 7.51. The standard InChI is InChI=1S/C17H17F3N2O3S2/c1-16(2,26-12-4-6-13(7-5-12)27(3,24)25)15(23)22-14-10-11(8-9-21-14)17(18,19)20/h4-10H,1-3H3,(H,21,22,23). The number of thioether (sulfide) groups is 1. The Kier molecular flexibility index (Phi) is 5.91. The number of carbonyl (C=O) groups excluding carboxylic acids is 1. The molecule has 10 heteroatoms. The molecule has 27 heavy (non-hydrogen) atoms. The molecule has 0 aliphatic rings. The number of pyridine rings is 1. The van der Waals surface area contributed by atoms with Crippen molar-refractivity contribution < 1.29 is 26.4 Å². The van der Waals surface area contributed by atoms with Crippen LogP contribution in [0.5, 0.6) is 0 Å². The largest absolute Gasteiger partial charge is 0.416 e. The molecule has 2 rings (SSSR count). The van der Waals surface area contributed by atoms with E-state index in [0.29, 0.717) is 4.90 Å². The minimum atomic E-state index is -4.53. The summed E-state index contributed by atoms with van der Waals surface area (Å²) in [6.45, 7) is 3.20. The Labute approximate surface area is 159 Å². The predicted octanol–water partition coefficient (Wildman–Crippen LogP) is 4.01. The Hall–Kier alpha value is -2.07. The van der Waals surface area contributed by atoms with Gasteiger partial charge in [0, 0.05) is 17.3 Å². The molecule has 0 bridgehead atoms. The van der Waals surface area contributed by atoms with Gasteiger partial charge in [-0.1, -0.05) is 0 Å². The molecule has 5 nitrogen and oxygen atoms in total. The second-order valence-corrected chi connectivity index (χ2v) is 9.95. The lowest BCUT2D eigenvalue weighted by atomic mass is 10.2. The van der Waals surface area contributed by atoms with Crippen molar-refractivity contribution in [3.63, 3.8) is 0 Å². The third kappa shape index (κ3) is 5.70. The number of amides is 1. The van der Waals surface area contributed by atoms with Crippen molar-refractivity contribution in [1.82, 2.24) is 4.98 Å². The van der Waals surface area contributed by atoms with Gasteiger partial charge in [0.1, 0.15) is 5.82 Å². The number of hydrogen-bond donors (Lipinski definition) is 1. The summed E-state index contributed by atoms with van der Waals surface area (Å²) >= 11 is 1.15. The molecule has 0 radical (unpaired) electrons. The van der Waals surface area contributed by atoms with Crippen LogP contribution in [0, 0.1) is 0 Å². The lowest BCUT2D eigenvalue weighted by Crippen LogP contribution is -2.34. The van der Waals surface area contributed by atoms with Crippen LogP contribution in [-0.4, -0.2) is 30.3 Å². The zero-order chi connectivity index (χ0) is 20.5. The van der Waals surface area contributed by atoms with Crippen molar-refractivity contribution in [3.05, 3.63) is 48.2 Å². The maximum absolute atomic E-state index is 12.8. The van der Waals surface area contributed by atoms with Crippen molar-refractivity contribution in [3.8, 4) is 0 Å². The molecule has 1 aromatic heterocycles. The highest BCUT2D eigenvalue weighted by Gasteiger charge is 2.32. The van der Waals surface area contributed by atoms with E-state index in [0.717, 1.165) is 36.3 Å². The molecule has 1 aromatic carbocycles. The number of aromatic nitrogens is 1. The average molecular weight is 418 g/mol. The first-order valence-corrected chi connectivity index (χ1v) is 10.3. The molecule has 0 saturated heterocycles. The molecule has 0 aliphatic carbocycles. The maximum Gasteiger partial charge on any atom is 0.416 e. The first-order chi connectivity index (χ1) is 12.3. The van der Waals surface area contributed by atoms with Crippen LogP contribution < -0.4 is 5.32 Å². The Balaban J connectivity index is 2.13. The van der Waals surface area contributed by atoms with Crippen molar-refractivity contribution in [2.24, 2.45) is 0 Å². The number of rotatable bonds is 5. The van der Waals surface area contributed by atoms with Gasteiger partial charge in [0.25, 0.3) is 0 Å². The number of sulfone groups is 1. The van der Waals surface area contributed by atoms with Crippen LogP contribution in [0.2, 0.25) is 0 Å². The third-order valence-corrected chi connectivity index (χ3v) is 5.83. The maximum atomic E-state index is 12.8. The van der Waals surface area contributed by atoms with Gasteiger partial charge in [0.15, 0.2) is 9.84 Å². The Morgan fingerprint density at radius 2 is 1.70 bits per heavy atom. The van der Waals surface area contributed by atoms with E-state index in [2.05, 4.69) is 10.3 Å². The summed E-state index contributed by atoms with van der Waals surface area (Å²) in [5, 5.41) is 2.38. The fourth-order valence-corrected chi connectivity index (χ4v) is 3.67. The van der Waals surface area contributed by atoms with Crippen LogP contribution in [0.4, 0.5) is 19.0 Å². The van der Waals surface area contributed by atoms with Crippen LogP contribution in [-0.2, 0) is 20.8 Å². The molecule has 0 fully saturated rings. The fraction of sp³-hybridized carbons (Fsp3) is 0.294. The lowest BCUT2D eigenvalue weighted by Gasteiger charge is -2.23. The average Bonchev–Trinajstić information content (AvgIpc) is 2.53. The summed E-state index contributed by atoms with van der Waals surface area (Å²) in [5.41, 5.74) is -0.908. The number of benzene rings is 1.